The highest BCUT2D eigenvalue weighted by molar-refractivity contribution is 7.99. The molecule has 106 valence electrons. The fraction of sp³-hybridized carbons (Fsp3) is 0.125. The Morgan fingerprint density at radius 2 is 1.81 bits per heavy atom. The van der Waals surface area contributed by atoms with Gasteiger partial charge in [0, 0.05) is 10.5 Å². The van der Waals surface area contributed by atoms with Gasteiger partial charge in [-0.05, 0) is 17.7 Å². The lowest BCUT2D eigenvalue weighted by Crippen LogP contribution is -2.30. The number of aldehydes is 1. The molecule has 1 aliphatic heterocycles. The summed E-state index contributed by atoms with van der Waals surface area (Å²) in [5, 5.41) is 12.6. The highest BCUT2D eigenvalue weighted by Crippen LogP contribution is 2.43. The Bertz CT molecular complexity index is 684. The van der Waals surface area contributed by atoms with Crippen LogP contribution >= 0.6 is 11.8 Å². The third kappa shape index (κ3) is 2.70. The maximum Gasteiger partial charge on any atom is 0.254 e. The monoisotopic (exact) mass is 299 g/mol. The van der Waals surface area contributed by atoms with Gasteiger partial charge in [-0.25, -0.2) is 0 Å². The van der Waals surface area contributed by atoms with Gasteiger partial charge >= 0.3 is 0 Å². The van der Waals surface area contributed by atoms with E-state index in [0.717, 1.165) is 16.7 Å². The highest BCUT2D eigenvalue weighted by atomic mass is 32.2. The Morgan fingerprint density at radius 1 is 1.10 bits per heavy atom. The number of aliphatic hydroxyl groups excluding tert-OH is 1. The molecule has 4 nitrogen and oxygen atoms in total. The van der Waals surface area contributed by atoms with E-state index in [1.807, 2.05) is 24.3 Å². The fourth-order valence-corrected chi connectivity index (χ4v) is 3.46. The molecular weight excluding hydrogens is 286 g/mol. The molecule has 0 spiro atoms. The zero-order valence-corrected chi connectivity index (χ0v) is 11.8. The number of thioether (sulfide) groups is 1. The molecule has 1 unspecified atom stereocenters. The number of carbonyl (C=O) groups excluding carboxylic acids is 2. The first kappa shape index (κ1) is 13.9. The normalized spacial score (nSPS) is 21.1. The number of aliphatic hydroxyl groups is 1. The number of hydrogen-bond donors (Lipinski definition) is 2. The van der Waals surface area contributed by atoms with E-state index in [9.17, 15) is 14.7 Å². The van der Waals surface area contributed by atoms with Crippen LogP contribution in [0.2, 0.25) is 0 Å². The van der Waals surface area contributed by atoms with Crippen LogP contribution in [-0.4, -0.2) is 23.4 Å². The molecule has 3 rings (SSSR count). The Hall–Kier alpha value is -2.11. The maximum absolute atomic E-state index is 12.1. The lowest BCUT2D eigenvalue weighted by atomic mass is 10.0. The van der Waals surface area contributed by atoms with Crippen molar-refractivity contribution in [1.82, 2.24) is 0 Å². The number of fused-ring (bicyclic) bond motifs is 1. The van der Waals surface area contributed by atoms with Crippen LogP contribution in [0.15, 0.2) is 53.4 Å². The van der Waals surface area contributed by atoms with E-state index in [-0.39, 0.29) is 0 Å². The first-order valence-electron chi connectivity index (χ1n) is 6.49. The lowest BCUT2D eigenvalue weighted by Gasteiger charge is -2.18. The van der Waals surface area contributed by atoms with Gasteiger partial charge in [0.05, 0.1) is 10.9 Å². The van der Waals surface area contributed by atoms with Crippen LogP contribution in [0.5, 0.6) is 0 Å². The van der Waals surface area contributed by atoms with Crippen molar-refractivity contribution in [2.24, 2.45) is 0 Å². The van der Waals surface area contributed by atoms with Gasteiger partial charge in [-0.15, -0.1) is 11.8 Å². The molecule has 2 aromatic carbocycles. The second-order valence-corrected chi connectivity index (χ2v) is 5.94. The molecule has 2 atom stereocenters. The SMILES string of the molecule is O=Cc1ccc(C2Sc3ccccc3NC(=O)[C@H]2O)cc1. The minimum atomic E-state index is -1.15. The first-order valence-corrected chi connectivity index (χ1v) is 7.37. The standard InChI is InChI=1S/C16H13NO3S/c18-9-10-5-7-11(8-6-10)15-14(19)16(20)17-12-3-1-2-4-13(12)21-15/h1-9,14-15,19H,(H,17,20)/t14-,15?/m0/s1. The van der Waals surface area contributed by atoms with Crippen LogP contribution in [0.4, 0.5) is 5.69 Å². The molecule has 0 saturated heterocycles. The van der Waals surface area contributed by atoms with Crippen molar-refractivity contribution < 1.29 is 14.7 Å². The number of nitrogens with one attached hydrogen (secondary N) is 1. The van der Waals surface area contributed by atoms with Crippen LogP contribution in [-0.2, 0) is 4.79 Å². The van der Waals surface area contributed by atoms with E-state index in [1.165, 1.54) is 11.8 Å². The molecule has 0 saturated carbocycles. The molecule has 0 bridgehead atoms. The third-order valence-corrected chi connectivity index (χ3v) is 4.75. The van der Waals surface area contributed by atoms with Gasteiger partial charge in [-0.3, -0.25) is 9.59 Å². The Morgan fingerprint density at radius 3 is 2.52 bits per heavy atom. The van der Waals surface area contributed by atoms with Crippen molar-refractivity contribution in [2.75, 3.05) is 5.32 Å². The topological polar surface area (TPSA) is 66.4 Å². The van der Waals surface area contributed by atoms with E-state index in [1.54, 1.807) is 24.3 Å². The van der Waals surface area contributed by atoms with Crippen LogP contribution in [0.25, 0.3) is 0 Å². The van der Waals surface area contributed by atoms with Crippen LogP contribution < -0.4 is 5.32 Å². The molecule has 0 radical (unpaired) electrons. The molecule has 0 aromatic heterocycles. The molecule has 21 heavy (non-hydrogen) atoms. The molecule has 0 fully saturated rings. The van der Waals surface area contributed by atoms with Gasteiger partial charge in [-0.1, -0.05) is 36.4 Å². The molecule has 5 heteroatoms. The van der Waals surface area contributed by atoms with Crippen molar-refractivity contribution in [2.45, 2.75) is 16.2 Å². The molecule has 1 aliphatic rings. The molecule has 2 N–H and O–H groups in total. The van der Waals surface area contributed by atoms with E-state index >= 15 is 0 Å². The number of anilines is 1. The second-order valence-electron chi connectivity index (χ2n) is 4.75. The smallest absolute Gasteiger partial charge is 0.254 e. The molecular formula is C16H13NO3S. The summed E-state index contributed by atoms with van der Waals surface area (Å²) >= 11 is 1.43. The summed E-state index contributed by atoms with van der Waals surface area (Å²) in [6.45, 7) is 0. The summed E-state index contributed by atoms with van der Waals surface area (Å²) in [6.07, 6.45) is -0.382. The van der Waals surface area contributed by atoms with Crippen LogP contribution in [0.3, 0.4) is 0 Å². The average Bonchev–Trinajstić information content (AvgIpc) is 2.65. The molecule has 2 aromatic rings. The van der Waals surface area contributed by atoms with E-state index in [2.05, 4.69) is 5.32 Å². The van der Waals surface area contributed by atoms with Gasteiger partial charge in [0.2, 0.25) is 0 Å². The number of amides is 1. The van der Waals surface area contributed by atoms with E-state index in [0.29, 0.717) is 11.3 Å². The zero-order chi connectivity index (χ0) is 14.8. The summed E-state index contributed by atoms with van der Waals surface area (Å²) in [5.74, 6) is -0.420. The first-order chi connectivity index (χ1) is 10.2. The predicted molar refractivity (Wildman–Crippen MR) is 81.5 cm³/mol. The van der Waals surface area contributed by atoms with Crippen molar-refractivity contribution in [3.8, 4) is 0 Å². The Kier molecular flexibility index (Phi) is 3.77. The molecule has 0 aliphatic carbocycles. The van der Waals surface area contributed by atoms with Gasteiger partial charge in [0.25, 0.3) is 5.91 Å². The minimum Gasteiger partial charge on any atom is -0.382 e. The second kappa shape index (κ2) is 5.71. The molecule has 1 amide bonds. The Labute approximate surface area is 126 Å². The largest absolute Gasteiger partial charge is 0.382 e. The Balaban J connectivity index is 1.99. The molecule has 1 heterocycles. The highest BCUT2D eigenvalue weighted by Gasteiger charge is 2.32. The number of para-hydroxylation sites is 1. The van der Waals surface area contributed by atoms with E-state index < -0.39 is 17.3 Å². The van der Waals surface area contributed by atoms with Crippen molar-refractivity contribution in [3.63, 3.8) is 0 Å². The minimum absolute atomic E-state index is 0.408. The quantitative estimate of drug-likeness (QED) is 0.837. The zero-order valence-electron chi connectivity index (χ0n) is 11.0. The summed E-state index contributed by atoms with van der Waals surface area (Å²) in [6, 6.07) is 14.4. The third-order valence-electron chi connectivity index (χ3n) is 3.36. The number of rotatable bonds is 2. The summed E-state index contributed by atoms with van der Waals surface area (Å²) in [4.78, 5) is 23.7. The van der Waals surface area contributed by atoms with E-state index in [4.69, 9.17) is 0 Å². The van der Waals surface area contributed by atoms with Crippen LogP contribution in [0.1, 0.15) is 21.2 Å². The van der Waals surface area contributed by atoms with Gasteiger partial charge in [0.15, 0.2) is 0 Å². The predicted octanol–water partition coefficient (Wildman–Crippen LogP) is 2.65. The maximum atomic E-state index is 12.1. The lowest BCUT2D eigenvalue weighted by molar-refractivity contribution is -0.124. The van der Waals surface area contributed by atoms with Crippen molar-refractivity contribution in [1.29, 1.82) is 0 Å². The van der Waals surface area contributed by atoms with Crippen LogP contribution in [0, 0.1) is 0 Å². The van der Waals surface area contributed by atoms with Gasteiger partial charge < -0.3 is 10.4 Å². The fourth-order valence-electron chi connectivity index (χ4n) is 2.23. The van der Waals surface area contributed by atoms with Crippen molar-refractivity contribution in [3.05, 3.63) is 59.7 Å². The van der Waals surface area contributed by atoms with Gasteiger partial charge in [0.1, 0.15) is 12.4 Å². The number of carbonyl (C=O) groups is 2. The van der Waals surface area contributed by atoms with Gasteiger partial charge in [-0.2, -0.15) is 0 Å². The number of hydrogen-bond acceptors (Lipinski definition) is 4. The summed E-state index contributed by atoms with van der Waals surface area (Å²) in [7, 11) is 0. The average molecular weight is 299 g/mol. The number of benzene rings is 2. The summed E-state index contributed by atoms with van der Waals surface area (Å²) in [5.41, 5.74) is 2.08. The van der Waals surface area contributed by atoms with Crippen molar-refractivity contribution >= 4 is 29.6 Å². The summed E-state index contributed by atoms with van der Waals surface area (Å²) < 4.78 is 0.